The first-order valence-corrected chi connectivity index (χ1v) is 7.94. The Kier molecular flexibility index (Phi) is 4.45. The van der Waals surface area contributed by atoms with Crippen LogP contribution >= 0.6 is 27.3 Å². The van der Waals surface area contributed by atoms with Crippen molar-refractivity contribution in [3.8, 4) is 6.07 Å². The van der Waals surface area contributed by atoms with Crippen molar-refractivity contribution in [2.75, 3.05) is 5.32 Å². The summed E-state index contributed by atoms with van der Waals surface area (Å²) in [6, 6.07) is 3.88. The van der Waals surface area contributed by atoms with Crippen molar-refractivity contribution in [1.82, 2.24) is 4.98 Å². The Morgan fingerprint density at radius 1 is 1.43 bits per heavy atom. The van der Waals surface area contributed by atoms with Crippen molar-refractivity contribution in [1.29, 1.82) is 5.26 Å². The van der Waals surface area contributed by atoms with E-state index in [0.29, 0.717) is 16.1 Å². The number of aromatic nitrogens is 1. The van der Waals surface area contributed by atoms with Crippen molar-refractivity contribution in [3.63, 3.8) is 0 Å². The minimum Gasteiger partial charge on any atom is -0.312 e. The van der Waals surface area contributed by atoms with E-state index in [2.05, 4.69) is 32.3 Å². The van der Waals surface area contributed by atoms with Crippen LogP contribution in [0.15, 0.2) is 28.3 Å². The van der Waals surface area contributed by atoms with Gasteiger partial charge in [-0.2, -0.15) is 5.26 Å². The fraction of sp³-hybridized carbons (Fsp3) is 0.267. The monoisotopic (exact) mass is 363 g/mol. The Hall–Kier alpha value is -1.71. The van der Waals surface area contributed by atoms with E-state index in [0.717, 1.165) is 10.0 Å². The van der Waals surface area contributed by atoms with Crippen LogP contribution in [0.4, 0.5) is 5.00 Å². The molecule has 2 rings (SSSR count). The number of hydrogen-bond donors (Lipinski definition) is 1. The highest BCUT2D eigenvalue weighted by Gasteiger charge is 2.23. The van der Waals surface area contributed by atoms with E-state index in [4.69, 9.17) is 0 Å². The third kappa shape index (κ3) is 3.49. The second kappa shape index (κ2) is 5.96. The molecule has 1 amide bonds. The van der Waals surface area contributed by atoms with Gasteiger partial charge in [0.1, 0.15) is 11.1 Å². The lowest BCUT2D eigenvalue weighted by Crippen LogP contribution is -2.14. The molecule has 1 N–H and O–H groups in total. The predicted octanol–water partition coefficient (Wildman–Crippen LogP) is 4.33. The van der Waals surface area contributed by atoms with Gasteiger partial charge in [0.25, 0.3) is 5.91 Å². The van der Waals surface area contributed by atoms with E-state index < -0.39 is 0 Å². The summed E-state index contributed by atoms with van der Waals surface area (Å²) in [7, 11) is 0. The van der Waals surface area contributed by atoms with Crippen LogP contribution in [0.3, 0.4) is 0 Å². The van der Waals surface area contributed by atoms with Gasteiger partial charge in [0.2, 0.25) is 0 Å². The van der Waals surface area contributed by atoms with Crippen molar-refractivity contribution < 1.29 is 4.79 Å². The van der Waals surface area contributed by atoms with Gasteiger partial charge in [-0.1, -0.05) is 20.8 Å². The summed E-state index contributed by atoms with van der Waals surface area (Å²) >= 11 is 4.65. The Bertz CT molecular complexity index is 725. The number of amides is 1. The van der Waals surface area contributed by atoms with E-state index in [9.17, 15) is 10.1 Å². The molecule has 6 heteroatoms. The zero-order chi connectivity index (χ0) is 15.6. The molecule has 4 nitrogen and oxygen atoms in total. The maximum absolute atomic E-state index is 12.2. The number of pyridine rings is 1. The van der Waals surface area contributed by atoms with Gasteiger partial charge in [0.05, 0.1) is 11.1 Å². The fourth-order valence-corrected chi connectivity index (χ4v) is 3.32. The lowest BCUT2D eigenvalue weighted by atomic mass is 9.86. The SMILES string of the molecule is CC(C)(C)c1csc(NC(=O)c2cncc(Br)c2)c1C#N. The number of thiophene rings is 1. The Labute approximate surface area is 136 Å². The van der Waals surface area contributed by atoms with Crippen LogP contribution in [0.25, 0.3) is 0 Å². The molecule has 0 unspecified atom stereocenters. The highest BCUT2D eigenvalue weighted by Crippen LogP contribution is 2.35. The first-order chi connectivity index (χ1) is 9.82. The smallest absolute Gasteiger partial charge is 0.257 e. The molecule has 2 heterocycles. The number of nitrogens with zero attached hydrogens (tertiary/aromatic N) is 2. The van der Waals surface area contributed by atoms with Gasteiger partial charge >= 0.3 is 0 Å². The zero-order valence-electron chi connectivity index (χ0n) is 11.9. The molecule has 0 aromatic carbocycles. The van der Waals surface area contributed by atoms with E-state index in [1.807, 2.05) is 26.2 Å². The second-order valence-electron chi connectivity index (χ2n) is 5.56. The van der Waals surface area contributed by atoms with Gasteiger partial charge in [0.15, 0.2) is 0 Å². The molecular weight excluding hydrogens is 350 g/mol. The number of carbonyl (C=O) groups is 1. The minimum atomic E-state index is -0.275. The third-order valence-corrected chi connectivity index (χ3v) is 4.23. The Morgan fingerprint density at radius 3 is 2.71 bits per heavy atom. The first-order valence-electron chi connectivity index (χ1n) is 6.27. The highest BCUT2D eigenvalue weighted by molar-refractivity contribution is 9.10. The molecule has 0 bridgehead atoms. The topological polar surface area (TPSA) is 65.8 Å². The molecule has 21 heavy (non-hydrogen) atoms. The summed E-state index contributed by atoms with van der Waals surface area (Å²) in [5.41, 5.74) is 1.78. The summed E-state index contributed by atoms with van der Waals surface area (Å²) in [6.07, 6.45) is 3.10. The van der Waals surface area contributed by atoms with Crippen LogP contribution in [-0.4, -0.2) is 10.9 Å². The molecular formula is C15H14BrN3OS. The third-order valence-electron chi connectivity index (χ3n) is 2.90. The quantitative estimate of drug-likeness (QED) is 0.863. The van der Waals surface area contributed by atoms with Gasteiger partial charge in [-0.3, -0.25) is 9.78 Å². The lowest BCUT2D eigenvalue weighted by molar-refractivity contribution is 0.102. The van der Waals surface area contributed by atoms with E-state index >= 15 is 0 Å². The molecule has 0 radical (unpaired) electrons. The standard InChI is InChI=1S/C15H14BrN3OS/c1-15(2,3)12-8-21-14(11(12)5-17)19-13(20)9-4-10(16)7-18-6-9/h4,6-8H,1-3H3,(H,19,20). The van der Waals surface area contributed by atoms with Crippen molar-refractivity contribution in [3.05, 3.63) is 45.0 Å². The molecule has 0 saturated carbocycles. The number of hydrogen-bond acceptors (Lipinski definition) is 4. The average Bonchev–Trinajstić information content (AvgIpc) is 2.81. The van der Waals surface area contributed by atoms with E-state index in [-0.39, 0.29) is 11.3 Å². The maximum atomic E-state index is 12.2. The van der Waals surface area contributed by atoms with Gasteiger partial charge in [0, 0.05) is 16.9 Å². The van der Waals surface area contributed by atoms with Gasteiger partial charge in [-0.15, -0.1) is 11.3 Å². The number of nitriles is 1. The Balaban J connectivity index is 2.31. The normalized spacial score (nSPS) is 11.0. The molecule has 2 aromatic rings. The number of halogens is 1. The first kappa shape index (κ1) is 15.7. The second-order valence-corrected chi connectivity index (χ2v) is 7.36. The molecule has 0 aliphatic heterocycles. The lowest BCUT2D eigenvalue weighted by Gasteiger charge is -2.17. The van der Waals surface area contributed by atoms with E-state index in [1.54, 1.807) is 12.3 Å². The molecule has 0 fully saturated rings. The van der Waals surface area contributed by atoms with Crippen LogP contribution in [0.2, 0.25) is 0 Å². The molecule has 0 spiro atoms. The number of anilines is 1. The average molecular weight is 364 g/mol. The zero-order valence-corrected chi connectivity index (χ0v) is 14.3. The Morgan fingerprint density at radius 2 is 2.14 bits per heavy atom. The molecule has 0 aliphatic rings. The molecule has 0 saturated heterocycles. The molecule has 0 aliphatic carbocycles. The maximum Gasteiger partial charge on any atom is 0.257 e. The minimum absolute atomic E-state index is 0.137. The van der Waals surface area contributed by atoms with E-state index in [1.165, 1.54) is 17.5 Å². The molecule has 0 atom stereocenters. The summed E-state index contributed by atoms with van der Waals surface area (Å²) in [5, 5.41) is 14.7. The predicted molar refractivity (Wildman–Crippen MR) is 87.6 cm³/mol. The summed E-state index contributed by atoms with van der Waals surface area (Å²) in [6.45, 7) is 6.12. The highest BCUT2D eigenvalue weighted by atomic mass is 79.9. The van der Waals surface area contributed by atoms with Crippen molar-refractivity contribution >= 4 is 38.2 Å². The largest absolute Gasteiger partial charge is 0.312 e. The van der Waals surface area contributed by atoms with Crippen LogP contribution in [-0.2, 0) is 5.41 Å². The summed E-state index contributed by atoms with van der Waals surface area (Å²) in [5.74, 6) is -0.275. The summed E-state index contributed by atoms with van der Waals surface area (Å²) in [4.78, 5) is 16.2. The number of rotatable bonds is 2. The van der Waals surface area contributed by atoms with Crippen LogP contribution in [0.1, 0.15) is 42.3 Å². The van der Waals surface area contributed by atoms with Gasteiger partial charge < -0.3 is 5.32 Å². The fourth-order valence-electron chi connectivity index (χ4n) is 1.82. The molecule has 108 valence electrons. The van der Waals surface area contributed by atoms with Crippen molar-refractivity contribution in [2.45, 2.75) is 26.2 Å². The van der Waals surface area contributed by atoms with Crippen LogP contribution < -0.4 is 5.32 Å². The van der Waals surface area contributed by atoms with Crippen molar-refractivity contribution in [2.24, 2.45) is 0 Å². The molecule has 2 aromatic heterocycles. The number of nitrogens with one attached hydrogen (secondary N) is 1. The van der Waals surface area contributed by atoms with Crippen LogP contribution in [0, 0.1) is 11.3 Å². The number of carbonyl (C=O) groups excluding carboxylic acids is 1. The van der Waals surface area contributed by atoms with Gasteiger partial charge in [-0.05, 0) is 38.4 Å². The van der Waals surface area contributed by atoms with Gasteiger partial charge in [-0.25, -0.2) is 0 Å². The van der Waals surface area contributed by atoms with Crippen LogP contribution in [0.5, 0.6) is 0 Å². The summed E-state index contributed by atoms with van der Waals surface area (Å²) < 4.78 is 0.734.